The van der Waals surface area contributed by atoms with Gasteiger partial charge in [-0.2, -0.15) is 0 Å². The molecule has 16 atom stereocenters. The molecule has 6 rings (SSSR count). The summed E-state index contributed by atoms with van der Waals surface area (Å²) in [6, 6.07) is 8.96. The highest BCUT2D eigenvalue weighted by Crippen LogP contribution is 2.61. The lowest BCUT2D eigenvalue weighted by Gasteiger charge is -2.45. The summed E-state index contributed by atoms with van der Waals surface area (Å²) in [5.74, 6) is -3.71. The number of hydrogen-bond acceptors (Lipinski definition) is 17. The van der Waals surface area contributed by atoms with Gasteiger partial charge in [0.05, 0.1) is 37.6 Å². The van der Waals surface area contributed by atoms with E-state index in [0.29, 0.717) is 0 Å². The molecule has 0 bridgehead atoms. The number of carbonyl (C=O) groups is 3. The normalized spacial score (nSPS) is 42.7. The fourth-order valence-corrected chi connectivity index (χ4v) is 7.25. The Bertz CT molecular complexity index is 1470. The van der Waals surface area contributed by atoms with Crippen molar-refractivity contribution in [3.63, 3.8) is 0 Å². The molecule has 4 heterocycles. The highest BCUT2D eigenvalue weighted by molar-refractivity contribution is 5.87. The number of benzene rings is 1. The van der Waals surface area contributed by atoms with Crippen LogP contribution in [0.5, 0.6) is 0 Å². The van der Waals surface area contributed by atoms with Crippen LogP contribution >= 0.6 is 0 Å². The van der Waals surface area contributed by atoms with Gasteiger partial charge in [-0.05, 0) is 24.6 Å². The van der Waals surface area contributed by atoms with Gasteiger partial charge in [-0.25, -0.2) is 4.79 Å². The third kappa shape index (κ3) is 7.41. The Morgan fingerprint density at radius 2 is 1.53 bits per heavy atom. The van der Waals surface area contributed by atoms with Crippen LogP contribution in [-0.4, -0.2) is 142 Å². The fourth-order valence-electron chi connectivity index (χ4n) is 7.25. The largest absolute Gasteiger partial charge is 0.472 e. The first-order valence-corrected chi connectivity index (χ1v) is 16.5. The standard InChI is InChI=1S/C34H42O17/c1-15-26(45-16(2)37)28(48-21(39)10-9-18-7-5-4-6-8-18)29(46-17(3)38)33(44-15)49-27-19-11-12-43-31(22(19)34(14-36)30(27)51-34)50-32-25(42)24(41)23(40)20(13-35)47-32/h4-12,15,19-20,22-33,35-36,40-42H,13-14H2,1-3H3/t15-,19+,20+,22+,23+,24-,25+,26-,27-,28+,29+,30-,31-,32-,33-,34+/m0/s1. The van der Waals surface area contributed by atoms with Crippen molar-refractivity contribution in [3.05, 3.63) is 54.3 Å². The second kappa shape index (κ2) is 15.2. The van der Waals surface area contributed by atoms with Crippen molar-refractivity contribution >= 4 is 24.0 Å². The number of hydrogen-bond donors (Lipinski definition) is 5. The van der Waals surface area contributed by atoms with E-state index in [9.17, 15) is 39.9 Å². The van der Waals surface area contributed by atoms with Gasteiger partial charge in [0.15, 0.2) is 30.9 Å². The molecule has 5 aliphatic rings. The summed E-state index contributed by atoms with van der Waals surface area (Å²) >= 11 is 0. The molecule has 17 nitrogen and oxygen atoms in total. The topological polar surface area (TPSA) is 239 Å². The number of aliphatic hydroxyl groups excluding tert-OH is 5. The number of carbonyl (C=O) groups excluding carboxylic acids is 3. The van der Waals surface area contributed by atoms with Gasteiger partial charge in [-0.1, -0.05) is 30.3 Å². The molecule has 0 spiro atoms. The van der Waals surface area contributed by atoms with E-state index in [2.05, 4.69) is 0 Å². The van der Waals surface area contributed by atoms with E-state index in [1.807, 2.05) is 6.07 Å². The predicted molar refractivity (Wildman–Crippen MR) is 166 cm³/mol. The summed E-state index contributed by atoms with van der Waals surface area (Å²) < 4.78 is 52.6. The van der Waals surface area contributed by atoms with Gasteiger partial charge >= 0.3 is 17.9 Å². The van der Waals surface area contributed by atoms with Gasteiger partial charge in [0.2, 0.25) is 6.29 Å². The molecule has 4 fully saturated rings. The molecule has 1 saturated carbocycles. The van der Waals surface area contributed by atoms with Gasteiger partial charge in [-0.3, -0.25) is 9.59 Å². The monoisotopic (exact) mass is 722 g/mol. The molecular weight excluding hydrogens is 680 g/mol. The third-order valence-corrected chi connectivity index (χ3v) is 9.68. The van der Waals surface area contributed by atoms with Crippen molar-refractivity contribution in [1.82, 2.24) is 0 Å². The molecule has 0 radical (unpaired) electrons. The van der Waals surface area contributed by atoms with E-state index in [-0.39, 0.29) is 0 Å². The van der Waals surface area contributed by atoms with Crippen LogP contribution in [0.3, 0.4) is 0 Å². The van der Waals surface area contributed by atoms with E-state index in [1.54, 1.807) is 37.3 Å². The van der Waals surface area contributed by atoms with Crippen LogP contribution < -0.4 is 0 Å². The molecule has 1 aromatic rings. The van der Waals surface area contributed by atoms with Crippen molar-refractivity contribution in [2.24, 2.45) is 11.8 Å². The van der Waals surface area contributed by atoms with E-state index >= 15 is 0 Å². The number of esters is 3. The van der Waals surface area contributed by atoms with Crippen LogP contribution in [0.4, 0.5) is 0 Å². The smallest absolute Gasteiger partial charge is 0.331 e. The molecule has 51 heavy (non-hydrogen) atoms. The summed E-state index contributed by atoms with van der Waals surface area (Å²) in [6.07, 6.45) is -11.5. The molecular formula is C34H42O17. The Morgan fingerprint density at radius 3 is 2.20 bits per heavy atom. The van der Waals surface area contributed by atoms with Crippen molar-refractivity contribution in [2.75, 3.05) is 13.2 Å². The average molecular weight is 723 g/mol. The first-order valence-electron chi connectivity index (χ1n) is 16.5. The predicted octanol–water partition coefficient (Wildman–Crippen LogP) is -1.33. The molecule has 1 aliphatic carbocycles. The minimum absolute atomic E-state index is 0.512. The van der Waals surface area contributed by atoms with E-state index in [0.717, 1.165) is 12.5 Å². The maximum absolute atomic E-state index is 13.1. The maximum Gasteiger partial charge on any atom is 0.331 e. The van der Waals surface area contributed by atoms with Gasteiger partial charge in [-0.15, -0.1) is 0 Å². The Labute approximate surface area is 292 Å². The number of ether oxygens (including phenoxy) is 9. The van der Waals surface area contributed by atoms with E-state index in [1.165, 1.54) is 25.3 Å². The molecule has 17 heteroatoms. The molecule has 4 aliphatic heterocycles. The van der Waals surface area contributed by atoms with Crippen molar-refractivity contribution in [2.45, 2.75) is 106 Å². The quantitative estimate of drug-likeness (QED) is 0.0769. The molecule has 280 valence electrons. The first kappa shape index (κ1) is 37.3. The fraction of sp³-hybridized carbons (Fsp3) is 0.618. The van der Waals surface area contributed by atoms with Crippen molar-refractivity contribution < 1.29 is 82.5 Å². The van der Waals surface area contributed by atoms with Crippen LogP contribution in [0.1, 0.15) is 26.3 Å². The SMILES string of the molecule is CC(=O)O[C@@H]1[C@@H](OC(=O)C=Cc2ccccc2)[C@@H](OC(C)=O)[C@H](O[C@H]2[C@@H]3C=CO[C@@H](O[C@@H]4O[C@H](CO)[C@@H](O)[C@H](O)[C@H]4O)[C@@H]3[C@@]3(CO)O[C@@H]23)O[C@H]1C. The summed E-state index contributed by atoms with van der Waals surface area (Å²) in [5, 5.41) is 51.2. The highest BCUT2D eigenvalue weighted by atomic mass is 16.8. The second-order valence-electron chi connectivity index (χ2n) is 13.0. The van der Waals surface area contributed by atoms with Crippen LogP contribution in [0.25, 0.3) is 6.08 Å². The minimum atomic E-state index is -1.72. The first-order chi connectivity index (χ1) is 24.4. The van der Waals surface area contributed by atoms with Gasteiger partial charge < -0.3 is 68.2 Å². The Morgan fingerprint density at radius 1 is 0.824 bits per heavy atom. The molecule has 1 aromatic carbocycles. The lowest BCUT2D eigenvalue weighted by Crippen LogP contribution is -2.62. The third-order valence-electron chi connectivity index (χ3n) is 9.68. The zero-order chi connectivity index (χ0) is 36.6. The number of rotatable bonds is 11. The van der Waals surface area contributed by atoms with Crippen LogP contribution in [0.15, 0.2) is 48.7 Å². The van der Waals surface area contributed by atoms with E-state index in [4.69, 9.17) is 42.6 Å². The van der Waals surface area contributed by atoms with Crippen LogP contribution in [0.2, 0.25) is 0 Å². The van der Waals surface area contributed by atoms with Gasteiger partial charge in [0.1, 0.15) is 36.1 Å². The second-order valence-corrected chi connectivity index (χ2v) is 13.0. The van der Waals surface area contributed by atoms with Crippen LogP contribution in [-0.2, 0) is 57.0 Å². The summed E-state index contributed by atoms with van der Waals surface area (Å²) in [5.41, 5.74) is -0.556. The van der Waals surface area contributed by atoms with Gasteiger partial charge in [0.25, 0.3) is 0 Å². The molecule has 0 amide bonds. The Kier molecular flexibility index (Phi) is 11.1. The summed E-state index contributed by atoms with van der Waals surface area (Å²) in [4.78, 5) is 37.6. The Hall–Kier alpha value is -3.49. The van der Waals surface area contributed by atoms with Crippen molar-refractivity contribution in [3.8, 4) is 0 Å². The van der Waals surface area contributed by atoms with E-state index < -0.39 is 128 Å². The number of epoxide rings is 1. The zero-order valence-electron chi connectivity index (χ0n) is 27.9. The molecule has 3 saturated heterocycles. The molecule has 0 unspecified atom stereocenters. The highest BCUT2D eigenvalue weighted by Gasteiger charge is 2.77. The molecule has 5 N–H and O–H groups in total. The lowest BCUT2D eigenvalue weighted by atomic mass is 9.85. The van der Waals surface area contributed by atoms with Crippen LogP contribution in [0, 0.1) is 11.8 Å². The summed E-state index contributed by atoms with van der Waals surface area (Å²) in [6.45, 7) is 2.69. The number of aliphatic hydroxyl groups is 5. The summed E-state index contributed by atoms with van der Waals surface area (Å²) in [7, 11) is 0. The number of fused-ring (bicyclic) bond motifs is 3. The average Bonchev–Trinajstić information content (AvgIpc) is 3.78. The van der Waals surface area contributed by atoms with Gasteiger partial charge in [0, 0.05) is 25.8 Å². The maximum atomic E-state index is 13.1. The zero-order valence-corrected chi connectivity index (χ0v) is 27.9. The Balaban J connectivity index is 1.24. The van der Waals surface area contributed by atoms with Crippen molar-refractivity contribution in [1.29, 1.82) is 0 Å². The lowest BCUT2D eigenvalue weighted by molar-refractivity contribution is -0.347. The minimum Gasteiger partial charge on any atom is -0.472 e. The molecule has 0 aromatic heterocycles.